The van der Waals surface area contributed by atoms with Crippen LogP contribution >= 0.6 is 0 Å². The Hall–Kier alpha value is -2.04. The number of anilines is 1. The van der Waals surface area contributed by atoms with E-state index in [1.54, 1.807) is 0 Å². The van der Waals surface area contributed by atoms with E-state index < -0.39 is 11.9 Å². The lowest BCUT2D eigenvalue weighted by molar-refractivity contribution is -0.152. The standard InChI is InChI=1S/C20H28N2O3/c1-14-6-5-9-18(15(14)2)21-10-12-22(13-11-21)19(23)16-7-3-4-8-17(16)20(24)25/h5-6,9,16-17H,3-4,7-8,10-13H2,1-2H3,(H,24,25)/t16-,17-/m1/s1. The molecule has 0 unspecified atom stereocenters. The number of hydrogen-bond donors (Lipinski definition) is 1. The minimum absolute atomic E-state index is 0.0488. The smallest absolute Gasteiger partial charge is 0.307 e. The van der Waals surface area contributed by atoms with Crippen molar-refractivity contribution in [2.75, 3.05) is 31.1 Å². The fraction of sp³-hybridized carbons (Fsp3) is 0.600. The van der Waals surface area contributed by atoms with Crippen molar-refractivity contribution in [2.45, 2.75) is 39.5 Å². The predicted octanol–water partition coefficient (Wildman–Crippen LogP) is 2.84. The van der Waals surface area contributed by atoms with Crippen LogP contribution in [0.2, 0.25) is 0 Å². The molecule has 0 bridgehead atoms. The number of nitrogens with zero attached hydrogens (tertiary/aromatic N) is 2. The summed E-state index contributed by atoms with van der Waals surface area (Å²) in [5.41, 5.74) is 3.82. The Kier molecular flexibility index (Phi) is 5.30. The van der Waals surface area contributed by atoms with Crippen LogP contribution in [0.3, 0.4) is 0 Å². The number of aliphatic carboxylic acids is 1. The molecule has 136 valence electrons. The van der Waals surface area contributed by atoms with Crippen molar-refractivity contribution in [1.29, 1.82) is 0 Å². The Labute approximate surface area is 149 Å². The number of carbonyl (C=O) groups is 2. The van der Waals surface area contributed by atoms with Crippen LogP contribution in [0.4, 0.5) is 5.69 Å². The van der Waals surface area contributed by atoms with Crippen LogP contribution in [0.5, 0.6) is 0 Å². The third kappa shape index (κ3) is 3.65. The number of carboxylic acids is 1. The first-order valence-electron chi connectivity index (χ1n) is 9.32. The average Bonchev–Trinajstić information content (AvgIpc) is 2.63. The summed E-state index contributed by atoms with van der Waals surface area (Å²) >= 11 is 0. The van der Waals surface area contributed by atoms with Crippen LogP contribution in [-0.4, -0.2) is 48.1 Å². The SMILES string of the molecule is Cc1cccc(N2CCN(C(=O)[C@@H]3CCCC[C@H]3C(=O)O)CC2)c1C. The van der Waals surface area contributed by atoms with Gasteiger partial charge in [0.05, 0.1) is 11.8 Å². The molecule has 1 saturated heterocycles. The summed E-state index contributed by atoms with van der Waals surface area (Å²) in [5, 5.41) is 9.42. The van der Waals surface area contributed by atoms with Gasteiger partial charge in [0, 0.05) is 31.9 Å². The van der Waals surface area contributed by atoms with Gasteiger partial charge in [0.25, 0.3) is 0 Å². The molecule has 1 aliphatic carbocycles. The number of carboxylic acid groups (broad SMARTS) is 1. The maximum atomic E-state index is 12.9. The van der Waals surface area contributed by atoms with Crippen molar-refractivity contribution in [2.24, 2.45) is 11.8 Å². The number of amides is 1. The van der Waals surface area contributed by atoms with E-state index in [1.807, 2.05) is 4.90 Å². The number of aryl methyl sites for hydroxylation is 1. The lowest BCUT2D eigenvalue weighted by atomic mass is 9.78. The van der Waals surface area contributed by atoms with E-state index in [0.717, 1.165) is 25.9 Å². The molecule has 3 rings (SSSR count). The number of carbonyl (C=O) groups excluding carboxylic acids is 1. The van der Waals surface area contributed by atoms with Crippen LogP contribution in [-0.2, 0) is 9.59 Å². The topological polar surface area (TPSA) is 60.9 Å². The maximum Gasteiger partial charge on any atom is 0.307 e. The Morgan fingerprint density at radius 2 is 1.64 bits per heavy atom. The third-order valence-corrected chi connectivity index (χ3v) is 5.91. The molecular weight excluding hydrogens is 316 g/mol. The van der Waals surface area contributed by atoms with Crippen molar-refractivity contribution in [3.63, 3.8) is 0 Å². The zero-order valence-electron chi connectivity index (χ0n) is 15.2. The molecular formula is C20H28N2O3. The molecule has 5 heteroatoms. The fourth-order valence-corrected chi connectivity index (χ4v) is 4.20. The van der Waals surface area contributed by atoms with Crippen molar-refractivity contribution in [3.8, 4) is 0 Å². The third-order valence-electron chi connectivity index (χ3n) is 5.91. The molecule has 1 aliphatic heterocycles. The lowest BCUT2D eigenvalue weighted by Crippen LogP contribution is -2.52. The second-order valence-electron chi connectivity index (χ2n) is 7.37. The highest BCUT2D eigenvalue weighted by molar-refractivity contribution is 5.85. The van der Waals surface area contributed by atoms with Crippen LogP contribution in [0.1, 0.15) is 36.8 Å². The minimum Gasteiger partial charge on any atom is -0.481 e. The second kappa shape index (κ2) is 7.46. The molecule has 0 aromatic heterocycles. The van der Waals surface area contributed by atoms with E-state index in [9.17, 15) is 14.7 Å². The molecule has 1 aromatic carbocycles. The van der Waals surface area contributed by atoms with Crippen LogP contribution in [0.15, 0.2) is 18.2 Å². The summed E-state index contributed by atoms with van der Waals surface area (Å²) < 4.78 is 0. The van der Waals surface area contributed by atoms with E-state index in [4.69, 9.17) is 0 Å². The first-order chi connectivity index (χ1) is 12.0. The van der Waals surface area contributed by atoms with E-state index >= 15 is 0 Å². The van der Waals surface area contributed by atoms with Crippen molar-refractivity contribution in [1.82, 2.24) is 4.90 Å². The van der Waals surface area contributed by atoms with Gasteiger partial charge in [-0.25, -0.2) is 0 Å². The molecule has 1 heterocycles. The van der Waals surface area contributed by atoms with E-state index in [-0.39, 0.29) is 11.8 Å². The Morgan fingerprint density at radius 1 is 1.00 bits per heavy atom. The molecule has 5 nitrogen and oxygen atoms in total. The molecule has 25 heavy (non-hydrogen) atoms. The summed E-state index contributed by atoms with van der Waals surface area (Å²) in [4.78, 5) is 28.6. The summed E-state index contributed by atoms with van der Waals surface area (Å²) in [6, 6.07) is 6.34. The molecule has 1 amide bonds. The number of rotatable bonds is 3. The molecule has 1 N–H and O–H groups in total. The quantitative estimate of drug-likeness (QED) is 0.916. The molecule has 0 spiro atoms. The monoisotopic (exact) mass is 344 g/mol. The first kappa shape index (κ1) is 17.8. The zero-order chi connectivity index (χ0) is 18.0. The van der Waals surface area contributed by atoms with Crippen molar-refractivity contribution in [3.05, 3.63) is 29.3 Å². The van der Waals surface area contributed by atoms with Gasteiger partial charge >= 0.3 is 5.97 Å². The van der Waals surface area contributed by atoms with Gasteiger partial charge < -0.3 is 14.9 Å². The van der Waals surface area contributed by atoms with Crippen LogP contribution in [0.25, 0.3) is 0 Å². The molecule has 0 radical (unpaired) electrons. The molecule has 2 atom stereocenters. The Bertz CT molecular complexity index is 650. The molecule has 2 aliphatic rings. The van der Waals surface area contributed by atoms with Gasteiger partial charge in [-0.1, -0.05) is 25.0 Å². The predicted molar refractivity (Wildman–Crippen MR) is 97.8 cm³/mol. The van der Waals surface area contributed by atoms with E-state index in [2.05, 4.69) is 36.9 Å². The van der Waals surface area contributed by atoms with E-state index in [0.29, 0.717) is 25.9 Å². The van der Waals surface area contributed by atoms with Crippen LogP contribution in [0, 0.1) is 25.7 Å². The minimum atomic E-state index is -0.813. The zero-order valence-corrected chi connectivity index (χ0v) is 15.2. The summed E-state index contributed by atoms with van der Waals surface area (Å²) in [6.07, 6.45) is 3.23. The lowest BCUT2D eigenvalue weighted by Gasteiger charge is -2.39. The van der Waals surface area contributed by atoms with Gasteiger partial charge in [-0.15, -0.1) is 0 Å². The summed E-state index contributed by atoms with van der Waals surface area (Å²) in [5.74, 6) is -1.60. The highest BCUT2D eigenvalue weighted by Crippen LogP contribution is 2.32. The number of hydrogen-bond acceptors (Lipinski definition) is 3. The van der Waals surface area contributed by atoms with Gasteiger partial charge in [0.1, 0.15) is 0 Å². The fourth-order valence-electron chi connectivity index (χ4n) is 4.20. The van der Waals surface area contributed by atoms with E-state index in [1.165, 1.54) is 16.8 Å². The summed E-state index contributed by atoms with van der Waals surface area (Å²) in [7, 11) is 0. The highest BCUT2D eigenvalue weighted by atomic mass is 16.4. The van der Waals surface area contributed by atoms with Gasteiger partial charge in [-0.2, -0.15) is 0 Å². The summed E-state index contributed by atoms with van der Waals surface area (Å²) in [6.45, 7) is 7.22. The molecule has 1 saturated carbocycles. The normalized spacial score (nSPS) is 24.2. The van der Waals surface area contributed by atoms with Gasteiger partial charge in [0.15, 0.2) is 0 Å². The highest BCUT2D eigenvalue weighted by Gasteiger charge is 2.38. The Morgan fingerprint density at radius 3 is 2.28 bits per heavy atom. The van der Waals surface area contributed by atoms with Crippen LogP contribution < -0.4 is 4.90 Å². The number of benzene rings is 1. The van der Waals surface area contributed by atoms with Crippen molar-refractivity contribution < 1.29 is 14.7 Å². The second-order valence-corrected chi connectivity index (χ2v) is 7.37. The van der Waals surface area contributed by atoms with Gasteiger partial charge in [-0.05, 0) is 43.9 Å². The molecule has 2 fully saturated rings. The van der Waals surface area contributed by atoms with Gasteiger partial charge in [-0.3, -0.25) is 9.59 Å². The average molecular weight is 344 g/mol. The molecule has 1 aromatic rings. The Balaban J connectivity index is 1.64. The first-order valence-corrected chi connectivity index (χ1v) is 9.32. The van der Waals surface area contributed by atoms with Crippen molar-refractivity contribution >= 4 is 17.6 Å². The largest absolute Gasteiger partial charge is 0.481 e. The van der Waals surface area contributed by atoms with Gasteiger partial charge in [0.2, 0.25) is 5.91 Å². The number of piperazine rings is 1. The maximum absolute atomic E-state index is 12.9.